The van der Waals surface area contributed by atoms with E-state index in [1.165, 1.54) is 31.0 Å². The Balaban J connectivity index is 0.00000106. The molecule has 0 spiro atoms. The Labute approximate surface area is 101 Å². The number of benzene rings is 1. The van der Waals surface area contributed by atoms with Gasteiger partial charge in [0.2, 0.25) is 0 Å². The van der Waals surface area contributed by atoms with Gasteiger partial charge in [0.1, 0.15) is 5.82 Å². The largest absolute Gasteiger partial charge is 0.327 e. The van der Waals surface area contributed by atoms with E-state index in [1.54, 1.807) is 0 Å². The lowest BCUT2D eigenvalue weighted by atomic mass is 10.2. The average molecular weight is 247 g/mol. The molecule has 16 heavy (non-hydrogen) atoms. The molecule has 1 aromatic rings. The van der Waals surface area contributed by atoms with E-state index in [9.17, 15) is 8.78 Å². The van der Waals surface area contributed by atoms with E-state index < -0.39 is 11.6 Å². The maximum absolute atomic E-state index is 13.4. The van der Waals surface area contributed by atoms with Crippen LogP contribution in [0.15, 0.2) is 12.1 Å². The van der Waals surface area contributed by atoms with E-state index in [2.05, 4.69) is 4.72 Å². The maximum Gasteiger partial charge on any atom is 0.152 e. The van der Waals surface area contributed by atoms with Gasteiger partial charge in [-0.1, -0.05) is 32.7 Å². The molecule has 0 atom stereocenters. The van der Waals surface area contributed by atoms with Crippen LogP contribution in [0, 0.1) is 18.6 Å². The van der Waals surface area contributed by atoms with Crippen LogP contribution in [0.5, 0.6) is 0 Å². The van der Waals surface area contributed by atoms with Gasteiger partial charge in [-0.2, -0.15) is 0 Å². The van der Waals surface area contributed by atoms with Gasteiger partial charge in [0.05, 0.1) is 5.69 Å². The molecule has 0 bridgehead atoms. The molecular formula is C12H19F2NS. The molecule has 0 fully saturated rings. The van der Waals surface area contributed by atoms with Crippen molar-refractivity contribution in [3.63, 3.8) is 0 Å². The first kappa shape index (κ1) is 15.2. The van der Waals surface area contributed by atoms with Gasteiger partial charge in [-0.25, -0.2) is 8.78 Å². The summed E-state index contributed by atoms with van der Waals surface area (Å²) in [6.07, 6.45) is 1.01. The average Bonchev–Trinajstić information content (AvgIpc) is 2.32. The molecule has 0 aromatic heterocycles. The highest BCUT2D eigenvalue weighted by molar-refractivity contribution is 8.00. The molecule has 4 heteroatoms. The summed E-state index contributed by atoms with van der Waals surface area (Å²) >= 11 is 1.42. The van der Waals surface area contributed by atoms with Crippen molar-refractivity contribution in [3.05, 3.63) is 29.3 Å². The zero-order valence-electron chi connectivity index (χ0n) is 10.2. The third-order valence-corrected chi connectivity index (χ3v) is 2.79. The minimum atomic E-state index is -0.506. The Morgan fingerprint density at radius 1 is 1.25 bits per heavy atom. The summed E-state index contributed by atoms with van der Waals surface area (Å²) in [7, 11) is 0. The highest BCUT2D eigenvalue weighted by Gasteiger charge is 2.08. The number of anilines is 1. The van der Waals surface area contributed by atoms with Gasteiger partial charge in [-0.05, 0) is 25.5 Å². The second-order valence-electron chi connectivity index (χ2n) is 2.98. The summed E-state index contributed by atoms with van der Waals surface area (Å²) in [5.74, 6) is -0.113. The zero-order valence-corrected chi connectivity index (χ0v) is 11.0. The fourth-order valence-corrected chi connectivity index (χ4v) is 1.59. The maximum atomic E-state index is 13.4. The monoisotopic (exact) mass is 247 g/mol. The van der Waals surface area contributed by atoms with Gasteiger partial charge in [-0.15, -0.1) is 0 Å². The standard InChI is InChI=1S/C10H13F2NS.C2H6/c1-3-6-14-13-9-5-4-8(11)7(2)10(9)12;1-2/h4-5,13H,3,6H2,1-2H3;1-2H3. The molecule has 1 nitrogen and oxygen atoms in total. The third kappa shape index (κ3) is 4.39. The molecule has 0 aliphatic carbocycles. The Hall–Kier alpha value is -0.770. The van der Waals surface area contributed by atoms with Crippen molar-refractivity contribution in [2.75, 3.05) is 10.5 Å². The first-order chi connectivity index (χ1) is 7.66. The van der Waals surface area contributed by atoms with E-state index in [-0.39, 0.29) is 5.56 Å². The summed E-state index contributed by atoms with van der Waals surface area (Å²) in [4.78, 5) is 0. The predicted octanol–water partition coefficient (Wildman–Crippen LogP) is 4.77. The molecule has 1 N–H and O–H groups in total. The topological polar surface area (TPSA) is 12.0 Å². The molecule has 0 aliphatic heterocycles. The van der Waals surface area contributed by atoms with Crippen LogP contribution < -0.4 is 4.72 Å². The molecule has 0 unspecified atom stereocenters. The van der Waals surface area contributed by atoms with E-state index >= 15 is 0 Å². The third-order valence-electron chi connectivity index (χ3n) is 1.81. The Morgan fingerprint density at radius 3 is 2.44 bits per heavy atom. The molecule has 92 valence electrons. The van der Waals surface area contributed by atoms with Crippen molar-refractivity contribution < 1.29 is 8.78 Å². The number of nitrogens with one attached hydrogen (secondary N) is 1. The summed E-state index contributed by atoms with van der Waals surface area (Å²) < 4.78 is 29.1. The van der Waals surface area contributed by atoms with Crippen LogP contribution in [-0.4, -0.2) is 5.75 Å². The van der Waals surface area contributed by atoms with E-state index in [1.807, 2.05) is 20.8 Å². The molecule has 0 aliphatic rings. The number of rotatable bonds is 4. The lowest BCUT2D eigenvalue weighted by molar-refractivity contribution is 0.571. The second kappa shape index (κ2) is 8.39. The highest BCUT2D eigenvalue weighted by atomic mass is 32.2. The predicted molar refractivity (Wildman–Crippen MR) is 68.8 cm³/mol. The molecular weight excluding hydrogens is 228 g/mol. The SMILES string of the molecule is CC.CCCSNc1ccc(F)c(C)c1F. The molecule has 0 saturated carbocycles. The molecule has 0 radical (unpaired) electrons. The van der Waals surface area contributed by atoms with Crippen LogP contribution in [-0.2, 0) is 0 Å². The Kier molecular flexibility index (Phi) is 7.99. The minimum absolute atomic E-state index is 0.0621. The van der Waals surface area contributed by atoms with Crippen molar-refractivity contribution in [1.82, 2.24) is 0 Å². The molecule has 1 aromatic carbocycles. The molecule has 0 amide bonds. The molecule has 1 rings (SSSR count). The fourth-order valence-electron chi connectivity index (χ4n) is 0.971. The summed E-state index contributed by atoms with van der Waals surface area (Å²) in [5, 5.41) is 0. The first-order valence-corrected chi connectivity index (χ1v) is 6.47. The van der Waals surface area contributed by atoms with Crippen molar-refractivity contribution in [2.45, 2.75) is 34.1 Å². The van der Waals surface area contributed by atoms with Gasteiger partial charge >= 0.3 is 0 Å². The highest BCUT2D eigenvalue weighted by Crippen LogP contribution is 2.22. The summed E-state index contributed by atoms with van der Waals surface area (Å²) in [6, 6.07) is 2.69. The van der Waals surface area contributed by atoms with E-state index in [0.29, 0.717) is 5.69 Å². The van der Waals surface area contributed by atoms with Gasteiger partial charge < -0.3 is 4.72 Å². The van der Waals surface area contributed by atoms with Crippen LogP contribution in [0.4, 0.5) is 14.5 Å². The van der Waals surface area contributed by atoms with Crippen molar-refractivity contribution in [1.29, 1.82) is 0 Å². The fraction of sp³-hybridized carbons (Fsp3) is 0.500. The van der Waals surface area contributed by atoms with Gasteiger partial charge in [-0.3, -0.25) is 0 Å². The van der Waals surface area contributed by atoms with Crippen LogP contribution >= 0.6 is 11.9 Å². The lowest BCUT2D eigenvalue weighted by Crippen LogP contribution is -1.96. The summed E-state index contributed by atoms with van der Waals surface area (Å²) in [5.41, 5.74) is 0.412. The quantitative estimate of drug-likeness (QED) is 0.607. The summed E-state index contributed by atoms with van der Waals surface area (Å²) in [6.45, 7) is 7.47. The van der Waals surface area contributed by atoms with Crippen LogP contribution in [0.25, 0.3) is 0 Å². The van der Waals surface area contributed by atoms with E-state index in [4.69, 9.17) is 0 Å². The van der Waals surface area contributed by atoms with Gasteiger partial charge in [0, 0.05) is 11.3 Å². The van der Waals surface area contributed by atoms with Crippen LogP contribution in [0.3, 0.4) is 0 Å². The minimum Gasteiger partial charge on any atom is -0.327 e. The van der Waals surface area contributed by atoms with Crippen LogP contribution in [0.2, 0.25) is 0 Å². The van der Waals surface area contributed by atoms with Crippen molar-refractivity contribution in [3.8, 4) is 0 Å². The Morgan fingerprint density at radius 2 is 1.88 bits per heavy atom. The van der Waals surface area contributed by atoms with E-state index in [0.717, 1.165) is 12.2 Å². The first-order valence-electron chi connectivity index (χ1n) is 5.49. The second-order valence-corrected chi connectivity index (χ2v) is 3.89. The van der Waals surface area contributed by atoms with Gasteiger partial charge in [0.25, 0.3) is 0 Å². The van der Waals surface area contributed by atoms with Crippen molar-refractivity contribution >= 4 is 17.6 Å². The number of hydrogen-bond acceptors (Lipinski definition) is 2. The number of hydrogen-bond donors (Lipinski definition) is 1. The smallest absolute Gasteiger partial charge is 0.152 e. The zero-order chi connectivity index (χ0) is 12.6. The van der Waals surface area contributed by atoms with Crippen LogP contribution in [0.1, 0.15) is 32.8 Å². The van der Waals surface area contributed by atoms with Crippen molar-refractivity contribution in [2.24, 2.45) is 0 Å². The lowest BCUT2D eigenvalue weighted by Gasteiger charge is -2.07. The van der Waals surface area contributed by atoms with Gasteiger partial charge in [0.15, 0.2) is 5.82 Å². The number of halogens is 2. The Bertz CT molecular complexity index is 316. The molecule has 0 saturated heterocycles. The molecule has 0 heterocycles. The normalized spacial score (nSPS) is 9.38.